The topological polar surface area (TPSA) is 59.8 Å². The van der Waals surface area contributed by atoms with Crippen molar-refractivity contribution in [3.63, 3.8) is 0 Å². The minimum atomic E-state index is -0.0329. The van der Waals surface area contributed by atoms with E-state index in [1.54, 1.807) is 6.07 Å². The van der Waals surface area contributed by atoms with E-state index in [-0.39, 0.29) is 5.91 Å². The van der Waals surface area contributed by atoms with Crippen molar-refractivity contribution in [3.05, 3.63) is 23.8 Å². The summed E-state index contributed by atoms with van der Waals surface area (Å²) in [7, 11) is 0. The van der Waals surface area contributed by atoms with E-state index < -0.39 is 0 Å². The molecule has 0 aliphatic carbocycles. The first kappa shape index (κ1) is 14.5. The van der Waals surface area contributed by atoms with Crippen molar-refractivity contribution in [2.24, 2.45) is 0 Å². The van der Waals surface area contributed by atoms with Crippen LogP contribution in [0.3, 0.4) is 0 Å². The number of hydrogen-bond donors (Lipinski definition) is 1. The smallest absolute Gasteiger partial charge is 0.251 e. The van der Waals surface area contributed by atoms with Crippen LogP contribution in [-0.2, 0) is 6.54 Å². The second kappa shape index (κ2) is 7.03. The molecule has 0 atom stereocenters. The molecule has 1 N–H and O–H groups in total. The van der Waals surface area contributed by atoms with Gasteiger partial charge in [-0.2, -0.15) is 0 Å². The summed E-state index contributed by atoms with van der Waals surface area (Å²) in [5.74, 6) is -0.0329. The monoisotopic (exact) mass is 274 g/mol. The molecule has 20 heavy (non-hydrogen) atoms. The molecule has 0 fully saturated rings. The number of aromatic nitrogens is 3. The van der Waals surface area contributed by atoms with Gasteiger partial charge in [0.05, 0.1) is 5.52 Å². The first-order chi connectivity index (χ1) is 9.76. The summed E-state index contributed by atoms with van der Waals surface area (Å²) in [6, 6.07) is 5.54. The van der Waals surface area contributed by atoms with Gasteiger partial charge in [0, 0.05) is 18.7 Å². The Balaban J connectivity index is 1.96. The summed E-state index contributed by atoms with van der Waals surface area (Å²) >= 11 is 0. The first-order valence-corrected chi connectivity index (χ1v) is 7.37. The van der Waals surface area contributed by atoms with Crippen LogP contribution in [0.25, 0.3) is 11.0 Å². The molecule has 0 saturated heterocycles. The predicted octanol–water partition coefficient (Wildman–Crippen LogP) is 2.76. The fourth-order valence-corrected chi connectivity index (χ4v) is 2.20. The van der Waals surface area contributed by atoms with Gasteiger partial charge in [-0.1, -0.05) is 31.4 Å². The van der Waals surface area contributed by atoms with Gasteiger partial charge in [-0.25, -0.2) is 4.68 Å². The molecule has 0 aliphatic rings. The van der Waals surface area contributed by atoms with Crippen LogP contribution >= 0.6 is 0 Å². The highest BCUT2D eigenvalue weighted by Gasteiger charge is 2.09. The average Bonchev–Trinajstić information content (AvgIpc) is 2.89. The number of unbranched alkanes of at least 4 members (excludes halogenated alkanes) is 3. The molecule has 0 aliphatic heterocycles. The van der Waals surface area contributed by atoms with Crippen LogP contribution < -0.4 is 5.32 Å². The number of nitrogens with one attached hydrogen (secondary N) is 1. The lowest BCUT2D eigenvalue weighted by Gasteiger charge is -2.05. The van der Waals surface area contributed by atoms with Gasteiger partial charge in [-0.05, 0) is 31.5 Å². The van der Waals surface area contributed by atoms with Gasteiger partial charge >= 0.3 is 0 Å². The van der Waals surface area contributed by atoms with Gasteiger partial charge in [0.15, 0.2) is 0 Å². The number of nitrogens with zero attached hydrogens (tertiary/aromatic N) is 3. The van der Waals surface area contributed by atoms with Gasteiger partial charge in [0.2, 0.25) is 0 Å². The number of carbonyl (C=O) groups is 1. The molecule has 5 nitrogen and oxygen atoms in total. The van der Waals surface area contributed by atoms with Crippen molar-refractivity contribution in [1.82, 2.24) is 20.3 Å². The molecule has 2 aromatic rings. The van der Waals surface area contributed by atoms with Gasteiger partial charge in [-0.3, -0.25) is 4.79 Å². The third-order valence-corrected chi connectivity index (χ3v) is 3.39. The molecule has 1 amide bonds. The molecular weight excluding hydrogens is 252 g/mol. The lowest BCUT2D eigenvalue weighted by Crippen LogP contribution is -2.24. The molecule has 1 aromatic heterocycles. The molecular formula is C15H22N4O. The second-order valence-corrected chi connectivity index (χ2v) is 4.93. The molecule has 0 saturated carbocycles. The zero-order valence-corrected chi connectivity index (χ0v) is 12.2. The number of rotatable bonds is 7. The number of aryl methyl sites for hydroxylation is 1. The maximum atomic E-state index is 12.0. The van der Waals surface area contributed by atoms with Gasteiger partial charge in [0.1, 0.15) is 5.52 Å². The highest BCUT2D eigenvalue weighted by Crippen LogP contribution is 2.13. The maximum Gasteiger partial charge on any atom is 0.251 e. The fourth-order valence-electron chi connectivity index (χ4n) is 2.20. The standard InChI is InChI=1S/C15H22N4O/c1-3-5-6-7-10-16-15(20)12-8-9-14-13(11-12)17-18-19(14)4-2/h8-9,11H,3-7,10H2,1-2H3,(H,16,20). The predicted molar refractivity (Wildman–Crippen MR) is 79.7 cm³/mol. The number of benzene rings is 1. The van der Waals surface area contributed by atoms with E-state index in [1.807, 2.05) is 23.7 Å². The van der Waals surface area contributed by atoms with Crippen LogP contribution in [0.4, 0.5) is 0 Å². The Morgan fingerprint density at radius 3 is 2.85 bits per heavy atom. The Bertz CT molecular complexity index is 576. The second-order valence-electron chi connectivity index (χ2n) is 4.93. The van der Waals surface area contributed by atoms with Crippen molar-refractivity contribution in [2.45, 2.75) is 46.1 Å². The van der Waals surface area contributed by atoms with Crippen LogP contribution in [0.2, 0.25) is 0 Å². The number of carbonyl (C=O) groups excluding carboxylic acids is 1. The van der Waals surface area contributed by atoms with Crippen molar-refractivity contribution in [2.75, 3.05) is 6.54 Å². The third kappa shape index (κ3) is 3.35. The summed E-state index contributed by atoms with van der Waals surface area (Å²) in [6.45, 7) is 5.71. The van der Waals surface area contributed by atoms with E-state index in [2.05, 4.69) is 22.6 Å². The largest absolute Gasteiger partial charge is 0.352 e. The Kier molecular flexibility index (Phi) is 5.09. The quantitative estimate of drug-likeness (QED) is 0.790. The zero-order valence-electron chi connectivity index (χ0n) is 12.2. The highest BCUT2D eigenvalue weighted by molar-refractivity contribution is 5.97. The molecule has 0 unspecified atom stereocenters. The minimum Gasteiger partial charge on any atom is -0.352 e. The van der Waals surface area contributed by atoms with Gasteiger partial charge in [-0.15, -0.1) is 5.10 Å². The zero-order chi connectivity index (χ0) is 14.4. The summed E-state index contributed by atoms with van der Waals surface area (Å²) < 4.78 is 1.82. The number of amides is 1. The Hall–Kier alpha value is -1.91. The van der Waals surface area contributed by atoms with Crippen molar-refractivity contribution >= 4 is 16.9 Å². The Morgan fingerprint density at radius 2 is 2.10 bits per heavy atom. The van der Waals surface area contributed by atoms with Crippen LogP contribution in [0.15, 0.2) is 18.2 Å². The lowest BCUT2D eigenvalue weighted by molar-refractivity contribution is 0.0953. The summed E-state index contributed by atoms with van der Waals surface area (Å²) in [5, 5.41) is 11.1. The molecule has 1 heterocycles. The molecule has 2 rings (SSSR count). The normalized spacial score (nSPS) is 10.9. The van der Waals surface area contributed by atoms with Crippen molar-refractivity contribution in [3.8, 4) is 0 Å². The summed E-state index contributed by atoms with van der Waals surface area (Å²) in [4.78, 5) is 12.0. The number of fused-ring (bicyclic) bond motifs is 1. The van der Waals surface area contributed by atoms with E-state index in [9.17, 15) is 4.79 Å². The van der Waals surface area contributed by atoms with Crippen molar-refractivity contribution in [1.29, 1.82) is 0 Å². The fraction of sp³-hybridized carbons (Fsp3) is 0.533. The molecule has 5 heteroatoms. The Labute approximate surface area is 119 Å². The van der Waals surface area contributed by atoms with Crippen LogP contribution in [-0.4, -0.2) is 27.4 Å². The molecule has 0 spiro atoms. The first-order valence-electron chi connectivity index (χ1n) is 7.37. The van der Waals surface area contributed by atoms with E-state index in [0.717, 1.165) is 30.5 Å². The van der Waals surface area contributed by atoms with E-state index in [1.165, 1.54) is 19.3 Å². The summed E-state index contributed by atoms with van der Waals surface area (Å²) in [6.07, 6.45) is 4.63. The third-order valence-electron chi connectivity index (χ3n) is 3.39. The van der Waals surface area contributed by atoms with Gasteiger partial charge in [0.25, 0.3) is 5.91 Å². The maximum absolute atomic E-state index is 12.0. The molecule has 0 radical (unpaired) electrons. The molecule has 1 aromatic carbocycles. The highest BCUT2D eigenvalue weighted by atomic mass is 16.1. The number of hydrogen-bond acceptors (Lipinski definition) is 3. The van der Waals surface area contributed by atoms with Gasteiger partial charge < -0.3 is 5.32 Å². The Morgan fingerprint density at radius 1 is 1.25 bits per heavy atom. The van der Waals surface area contributed by atoms with Crippen LogP contribution in [0, 0.1) is 0 Å². The lowest BCUT2D eigenvalue weighted by atomic mass is 10.1. The van der Waals surface area contributed by atoms with E-state index in [4.69, 9.17) is 0 Å². The molecule has 108 valence electrons. The van der Waals surface area contributed by atoms with Crippen LogP contribution in [0.1, 0.15) is 49.9 Å². The van der Waals surface area contributed by atoms with E-state index >= 15 is 0 Å². The minimum absolute atomic E-state index is 0.0329. The summed E-state index contributed by atoms with van der Waals surface area (Å²) in [5.41, 5.74) is 2.38. The van der Waals surface area contributed by atoms with Crippen molar-refractivity contribution < 1.29 is 4.79 Å². The molecule has 0 bridgehead atoms. The SMILES string of the molecule is CCCCCCNC(=O)c1ccc2c(c1)nnn2CC. The van der Waals surface area contributed by atoms with E-state index in [0.29, 0.717) is 5.56 Å². The van der Waals surface area contributed by atoms with Crippen LogP contribution in [0.5, 0.6) is 0 Å². The average molecular weight is 274 g/mol.